The largest absolute Gasteiger partial charge is 0.378 e. The first-order chi connectivity index (χ1) is 18.3. The molecule has 0 radical (unpaired) electrons. The van der Waals surface area contributed by atoms with E-state index >= 15 is 0 Å². The van der Waals surface area contributed by atoms with Crippen LogP contribution in [0.3, 0.4) is 0 Å². The molecule has 0 N–H and O–H groups in total. The van der Waals surface area contributed by atoms with Gasteiger partial charge >= 0.3 is 0 Å². The molecule has 3 fully saturated rings. The standard InChI is InChI=1S/C37H66O/c1-7-8-9-10-11-12-13-14-26-38-31-22-24-36(5)30(27-31)18-19-32-34-21-20-33(29(4)17-15-16-28(2)3)37(34,6)25-23-35(32)36/h18,28-29,31-35H,7-17,19-27H2,1-6H3/t29-,31+,32+,33-,34+,35+,36+,37-/m1/s1. The van der Waals surface area contributed by atoms with E-state index in [0.29, 0.717) is 16.9 Å². The Labute approximate surface area is 238 Å². The topological polar surface area (TPSA) is 9.23 Å². The fraction of sp³-hybridized carbons (Fsp3) is 0.946. The molecule has 1 nitrogen and oxygen atoms in total. The normalized spacial score (nSPS) is 37.4. The van der Waals surface area contributed by atoms with E-state index in [1.807, 2.05) is 0 Å². The number of hydrogen-bond acceptors (Lipinski definition) is 1. The Morgan fingerprint density at radius 3 is 2.29 bits per heavy atom. The summed E-state index contributed by atoms with van der Waals surface area (Å²) in [4.78, 5) is 0. The fourth-order valence-corrected chi connectivity index (χ4v) is 10.3. The van der Waals surface area contributed by atoms with Crippen molar-refractivity contribution < 1.29 is 4.74 Å². The van der Waals surface area contributed by atoms with Gasteiger partial charge in [0.2, 0.25) is 0 Å². The van der Waals surface area contributed by atoms with Crippen molar-refractivity contribution in [2.75, 3.05) is 6.61 Å². The molecule has 8 atom stereocenters. The van der Waals surface area contributed by atoms with Crippen LogP contribution in [0, 0.1) is 46.3 Å². The third kappa shape index (κ3) is 6.94. The first kappa shape index (κ1) is 30.7. The smallest absolute Gasteiger partial charge is 0.0612 e. The van der Waals surface area contributed by atoms with Crippen molar-refractivity contribution in [1.82, 2.24) is 0 Å². The van der Waals surface area contributed by atoms with Gasteiger partial charge in [0, 0.05) is 6.61 Å². The lowest BCUT2D eigenvalue weighted by molar-refractivity contribution is -0.0641. The van der Waals surface area contributed by atoms with Crippen molar-refractivity contribution in [3.05, 3.63) is 11.6 Å². The average Bonchev–Trinajstić information content (AvgIpc) is 3.25. The minimum Gasteiger partial charge on any atom is -0.378 e. The highest BCUT2D eigenvalue weighted by molar-refractivity contribution is 5.25. The number of hydrogen-bond donors (Lipinski definition) is 0. The summed E-state index contributed by atoms with van der Waals surface area (Å²) in [5.74, 6) is 5.61. The monoisotopic (exact) mass is 527 g/mol. The molecule has 4 aliphatic rings. The van der Waals surface area contributed by atoms with Gasteiger partial charge in [0.15, 0.2) is 0 Å². The van der Waals surface area contributed by atoms with Crippen molar-refractivity contribution in [3.63, 3.8) is 0 Å². The molecule has 220 valence electrons. The summed E-state index contributed by atoms with van der Waals surface area (Å²) in [6.45, 7) is 16.1. The molecular weight excluding hydrogens is 460 g/mol. The highest BCUT2D eigenvalue weighted by Crippen LogP contribution is 2.67. The summed E-state index contributed by atoms with van der Waals surface area (Å²) in [5, 5.41) is 0. The Bertz CT molecular complexity index is 737. The van der Waals surface area contributed by atoms with Crippen LogP contribution in [0.5, 0.6) is 0 Å². The minimum absolute atomic E-state index is 0.462. The molecule has 1 heteroatoms. The molecular formula is C37H66O. The molecule has 4 rings (SSSR count). The van der Waals surface area contributed by atoms with Crippen LogP contribution in [0.15, 0.2) is 11.6 Å². The number of fused-ring (bicyclic) bond motifs is 5. The Morgan fingerprint density at radius 2 is 1.55 bits per heavy atom. The number of rotatable bonds is 15. The second-order valence-corrected chi connectivity index (χ2v) is 15.5. The van der Waals surface area contributed by atoms with Crippen molar-refractivity contribution in [3.8, 4) is 0 Å². The second-order valence-electron chi connectivity index (χ2n) is 15.5. The van der Waals surface area contributed by atoms with E-state index in [9.17, 15) is 0 Å². The molecule has 0 amide bonds. The Balaban J connectivity index is 1.26. The van der Waals surface area contributed by atoms with Gasteiger partial charge in [0.05, 0.1) is 6.10 Å². The summed E-state index contributed by atoms with van der Waals surface area (Å²) in [5.41, 5.74) is 2.87. The summed E-state index contributed by atoms with van der Waals surface area (Å²) in [6, 6.07) is 0. The van der Waals surface area contributed by atoms with E-state index in [-0.39, 0.29) is 0 Å². The lowest BCUT2D eigenvalue weighted by Crippen LogP contribution is -2.51. The summed E-state index contributed by atoms with van der Waals surface area (Å²) in [6.07, 6.45) is 29.9. The highest BCUT2D eigenvalue weighted by atomic mass is 16.5. The third-order valence-corrected chi connectivity index (χ3v) is 12.6. The molecule has 0 saturated heterocycles. The maximum absolute atomic E-state index is 6.49. The molecule has 0 unspecified atom stereocenters. The molecule has 38 heavy (non-hydrogen) atoms. The van der Waals surface area contributed by atoms with Gasteiger partial charge in [0.1, 0.15) is 0 Å². The zero-order chi connectivity index (χ0) is 27.2. The maximum atomic E-state index is 6.49. The Morgan fingerprint density at radius 1 is 0.816 bits per heavy atom. The zero-order valence-corrected chi connectivity index (χ0v) is 26.7. The van der Waals surface area contributed by atoms with Crippen LogP contribution in [0.1, 0.15) is 164 Å². The predicted octanol–water partition coefficient (Wildman–Crippen LogP) is 11.6. The van der Waals surface area contributed by atoms with Crippen molar-refractivity contribution in [1.29, 1.82) is 0 Å². The van der Waals surface area contributed by atoms with E-state index in [1.165, 1.54) is 122 Å². The molecule has 0 aromatic carbocycles. The highest BCUT2D eigenvalue weighted by Gasteiger charge is 2.59. The van der Waals surface area contributed by atoms with Gasteiger partial charge in [-0.25, -0.2) is 0 Å². The van der Waals surface area contributed by atoms with Gasteiger partial charge in [-0.2, -0.15) is 0 Å². The van der Waals surface area contributed by atoms with Crippen molar-refractivity contribution >= 4 is 0 Å². The van der Waals surface area contributed by atoms with Crippen LogP contribution in [0.2, 0.25) is 0 Å². The predicted molar refractivity (Wildman–Crippen MR) is 165 cm³/mol. The van der Waals surface area contributed by atoms with E-state index in [1.54, 1.807) is 5.57 Å². The van der Waals surface area contributed by atoms with Crippen LogP contribution in [0.4, 0.5) is 0 Å². The molecule has 0 aromatic rings. The van der Waals surface area contributed by atoms with Gasteiger partial charge in [-0.15, -0.1) is 0 Å². The van der Waals surface area contributed by atoms with E-state index < -0.39 is 0 Å². The van der Waals surface area contributed by atoms with E-state index in [0.717, 1.165) is 42.1 Å². The second kappa shape index (κ2) is 14.0. The van der Waals surface area contributed by atoms with Crippen molar-refractivity contribution in [2.45, 2.75) is 170 Å². The van der Waals surface area contributed by atoms with Crippen LogP contribution in [-0.2, 0) is 4.74 Å². The third-order valence-electron chi connectivity index (χ3n) is 12.6. The molecule has 0 spiro atoms. The molecule has 4 aliphatic carbocycles. The number of ether oxygens (including phenoxy) is 1. The van der Waals surface area contributed by atoms with Gasteiger partial charge in [-0.05, 0) is 104 Å². The summed E-state index contributed by atoms with van der Waals surface area (Å²) < 4.78 is 6.49. The lowest BCUT2D eigenvalue weighted by Gasteiger charge is -2.58. The molecule has 3 saturated carbocycles. The SMILES string of the molecule is CCCCCCCCCCO[C@H]1CC[C@@]2(C)C(=CC[C@H]3[C@@H]4CC[C@H]([C@H](C)CCCC(C)C)[C@@]4(C)CC[C@@H]32)C1. The molecule has 0 bridgehead atoms. The fourth-order valence-electron chi connectivity index (χ4n) is 10.3. The molecule has 0 aliphatic heterocycles. The molecule has 0 heterocycles. The minimum atomic E-state index is 0.462. The quantitative estimate of drug-likeness (QED) is 0.152. The Kier molecular flexibility index (Phi) is 11.3. The average molecular weight is 527 g/mol. The van der Waals surface area contributed by atoms with Crippen molar-refractivity contribution in [2.24, 2.45) is 46.3 Å². The summed E-state index contributed by atoms with van der Waals surface area (Å²) in [7, 11) is 0. The van der Waals surface area contributed by atoms with E-state index in [4.69, 9.17) is 4.74 Å². The van der Waals surface area contributed by atoms with Gasteiger partial charge in [-0.1, -0.05) is 117 Å². The zero-order valence-electron chi connectivity index (χ0n) is 26.7. The van der Waals surface area contributed by atoms with Crippen LogP contribution < -0.4 is 0 Å². The lowest BCUT2D eigenvalue weighted by atomic mass is 9.47. The first-order valence-corrected chi connectivity index (χ1v) is 17.6. The van der Waals surface area contributed by atoms with Gasteiger partial charge in [-0.3, -0.25) is 0 Å². The maximum Gasteiger partial charge on any atom is 0.0612 e. The van der Waals surface area contributed by atoms with E-state index in [2.05, 4.69) is 47.6 Å². The van der Waals surface area contributed by atoms with Gasteiger partial charge < -0.3 is 4.74 Å². The molecule has 0 aromatic heterocycles. The summed E-state index contributed by atoms with van der Waals surface area (Å²) >= 11 is 0. The number of unbranched alkanes of at least 4 members (excludes halogenated alkanes) is 7. The van der Waals surface area contributed by atoms with Gasteiger partial charge in [0.25, 0.3) is 0 Å². The van der Waals surface area contributed by atoms with Crippen LogP contribution >= 0.6 is 0 Å². The Hall–Kier alpha value is -0.300. The van der Waals surface area contributed by atoms with Crippen LogP contribution in [-0.4, -0.2) is 12.7 Å². The first-order valence-electron chi connectivity index (χ1n) is 17.6. The number of allylic oxidation sites excluding steroid dienone is 1. The van der Waals surface area contributed by atoms with Crippen LogP contribution in [0.25, 0.3) is 0 Å².